The summed E-state index contributed by atoms with van der Waals surface area (Å²) in [5.41, 5.74) is -0.204. The molecule has 0 unspecified atom stereocenters. The van der Waals surface area contributed by atoms with E-state index in [1.54, 1.807) is 0 Å². The summed E-state index contributed by atoms with van der Waals surface area (Å²) in [5, 5.41) is 0. The zero-order valence-electron chi connectivity index (χ0n) is 8.87. The van der Waals surface area contributed by atoms with E-state index >= 15 is 0 Å². The van der Waals surface area contributed by atoms with Crippen LogP contribution < -0.4 is 0 Å². The van der Waals surface area contributed by atoms with Crippen LogP contribution >= 0.6 is 0 Å². The highest BCUT2D eigenvalue weighted by Crippen LogP contribution is 2.42. The van der Waals surface area contributed by atoms with Gasteiger partial charge < -0.3 is 9.80 Å². The summed E-state index contributed by atoms with van der Waals surface area (Å²) >= 11 is 0. The van der Waals surface area contributed by atoms with Crippen LogP contribution in [0.2, 0.25) is 0 Å². The van der Waals surface area contributed by atoms with Crippen LogP contribution in [0, 0.1) is 0 Å². The van der Waals surface area contributed by atoms with Crippen LogP contribution in [0.4, 0.5) is 0 Å². The van der Waals surface area contributed by atoms with Crippen molar-refractivity contribution in [2.75, 3.05) is 13.1 Å². The van der Waals surface area contributed by atoms with Crippen molar-refractivity contribution in [1.82, 2.24) is 9.80 Å². The van der Waals surface area contributed by atoms with E-state index in [0.717, 1.165) is 38.8 Å². The lowest BCUT2D eigenvalue weighted by atomic mass is 9.87. The topological polar surface area (TPSA) is 40.6 Å². The van der Waals surface area contributed by atoms with Gasteiger partial charge in [-0.1, -0.05) is 0 Å². The summed E-state index contributed by atoms with van der Waals surface area (Å²) in [6.07, 6.45) is 5.21. The van der Waals surface area contributed by atoms with Gasteiger partial charge in [-0.25, -0.2) is 0 Å². The number of hydrogen-bond donors (Lipinski definition) is 0. The molecule has 0 bridgehead atoms. The first-order valence-electron chi connectivity index (χ1n) is 5.85. The highest BCUT2D eigenvalue weighted by atomic mass is 16.2. The Bertz CT molecular complexity index is 295. The molecule has 15 heavy (non-hydrogen) atoms. The van der Waals surface area contributed by atoms with Crippen LogP contribution in [0.3, 0.4) is 0 Å². The standard InChI is InChI=1S/C11H16N2O2/c14-9-3-1-5-11-6-2-4-10(15)13(11)8-7-12(9)11/h1-8H2. The first kappa shape index (κ1) is 9.19. The molecule has 0 aromatic carbocycles. The molecule has 0 aliphatic carbocycles. The van der Waals surface area contributed by atoms with Gasteiger partial charge in [-0.05, 0) is 25.7 Å². The van der Waals surface area contributed by atoms with E-state index in [9.17, 15) is 9.59 Å². The van der Waals surface area contributed by atoms with E-state index in [-0.39, 0.29) is 17.5 Å². The van der Waals surface area contributed by atoms with E-state index in [0.29, 0.717) is 12.8 Å². The predicted molar refractivity (Wildman–Crippen MR) is 53.9 cm³/mol. The molecular formula is C11H16N2O2. The molecule has 3 fully saturated rings. The van der Waals surface area contributed by atoms with Crippen LogP contribution in [0.5, 0.6) is 0 Å². The van der Waals surface area contributed by atoms with Crippen LogP contribution in [0.1, 0.15) is 38.5 Å². The first-order chi connectivity index (χ1) is 7.24. The Hall–Kier alpha value is -1.06. The smallest absolute Gasteiger partial charge is 0.224 e. The van der Waals surface area contributed by atoms with Gasteiger partial charge in [0.25, 0.3) is 0 Å². The molecule has 2 amide bonds. The van der Waals surface area contributed by atoms with Gasteiger partial charge >= 0.3 is 0 Å². The zero-order valence-corrected chi connectivity index (χ0v) is 8.87. The van der Waals surface area contributed by atoms with Gasteiger partial charge in [0.1, 0.15) is 5.66 Å². The van der Waals surface area contributed by atoms with Crippen molar-refractivity contribution in [2.24, 2.45) is 0 Å². The summed E-state index contributed by atoms with van der Waals surface area (Å²) in [6, 6.07) is 0. The fourth-order valence-electron chi connectivity index (χ4n) is 3.46. The molecule has 4 heteroatoms. The quantitative estimate of drug-likeness (QED) is 0.588. The Labute approximate surface area is 89.2 Å². The van der Waals surface area contributed by atoms with Gasteiger partial charge in [-0.15, -0.1) is 0 Å². The molecule has 3 heterocycles. The highest BCUT2D eigenvalue weighted by Gasteiger charge is 2.53. The van der Waals surface area contributed by atoms with Crippen molar-refractivity contribution in [2.45, 2.75) is 44.2 Å². The number of carbonyl (C=O) groups excluding carboxylic acids is 2. The van der Waals surface area contributed by atoms with E-state index in [1.165, 1.54) is 0 Å². The first-order valence-corrected chi connectivity index (χ1v) is 5.85. The Kier molecular flexibility index (Phi) is 1.82. The van der Waals surface area contributed by atoms with Crippen molar-refractivity contribution in [3.8, 4) is 0 Å². The fraction of sp³-hybridized carbons (Fsp3) is 0.818. The monoisotopic (exact) mass is 208 g/mol. The van der Waals surface area contributed by atoms with E-state index < -0.39 is 0 Å². The number of piperidine rings is 2. The lowest BCUT2D eigenvalue weighted by Crippen LogP contribution is -2.60. The fourth-order valence-corrected chi connectivity index (χ4v) is 3.46. The maximum Gasteiger partial charge on any atom is 0.224 e. The molecule has 3 aliphatic heterocycles. The largest absolute Gasteiger partial charge is 0.318 e. The van der Waals surface area contributed by atoms with Gasteiger partial charge in [0.15, 0.2) is 0 Å². The normalized spacial score (nSPS) is 29.1. The van der Waals surface area contributed by atoms with Crippen molar-refractivity contribution < 1.29 is 9.59 Å². The summed E-state index contributed by atoms with van der Waals surface area (Å²) < 4.78 is 0. The molecular weight excluding hydrogens is 192 g/mol. The molecule has 0 N–H and O–H groups in total. The zero-order chi connectivity index (χ0) is 10.5. The van der Waals surface area contributed by atoms with Gasteiger partial charge in [0, 0.05) is 25.9 Å². The molecule has 3 rings (SSSR count). The van der Waals surface area contributed by atoms with Crippen molar-refractivity contribution in [3.05, 3.63) is 0 Å². The highest BCUT2D eigenvalue weighted by molar-refractivity contribution is 5.83. The molecule has 0 aromatic heterocycles. The van der Waals surface area contributed by atoms with E-state index in [4.69, 9.17) is 0 Å². The second kappa shape index (κ2) is 2.97. The van der Waals surface area contributed by atoms with Gasteiger partial charge in [0.2, 0.25) is 11.8 Å². The Morgan fingerprint density at radius 2 is 1.33 bits per heavy atom. The number of hydrogen-bond acceptors (Lipinski definition) is 2. The van der Waals surface area contributed by atoms with Gasteiger partial charge in [-0.2, -0.15) is 0 Å². The van der Waals surface area contributed by atoms with E-state index in [1.807, 2.05) is 9.80 Å². The summed E-state index contributed by atoms with van der Waals surface area (Å²) in [5.74, 6) is 0.497. The molecule has 0 aromatic rings. The number of rotatable bonds is 0. The maximum absolute atomic E-state index is 11.8. The third-order valence-corrected chi connectivity index (χ3v) is 4.09. The van der Waals surface area contributed by atoms with Crippen LogP contribution in [-0.4, -0.2) is 40.4 Å². The number of nitrogens with zero attached hydrogens (tertiary/aromatic N) is 2. The Morgan fingerprint density at radius 1 is 0.867 bits per heavy atom. The maximum atomic E-state index is 11.8. The number of carbonyl (C=O) groups is 2. The summed E-state index contributed by atoms with van der Waals surface area (Å²) in [6.45, 7) is 1.51. The minimum Gasteiger partial charge on any atom is -0.318 e. The van der Waals surface area contributed by atoms with Crippen LogP contribution in [0.25, 0.3) is 0 Å². The summed E-state index contributed by atoms with van der Waals surface area (Å²) in [7, 11) is 0. The minimum absolute atomic E-state index is 0.204. The lowest BCUT2D eigenvalue weighted by Gasteiger charge is -2.49. The van der Waals surface area contributed by atoms with Crippen molar-refractivity contribution >= 4 is 11.8 Å². The van der Waals surface area contributed by atoms with Crippen molar-refractivity contribution in [3.63, 3.8) is 0 Å². The molecule has 0 atom stereocenters. The molecule has 1 spiro atoms. The van der Waals surface area contributed by atoms with E-state index in [2.05, 4.69) is 0 Å². The number of amides is 2. The molecule has 0 saturated carbocycles. The minimum atomic E-state index is -0.204. The third-order valence-electron chi connectivity index (χ3n) is 4.09. The SMILES string of the molecule is O=C1CCCC23CCCC(=O)N2CCN13. The second-order valence-electron chi connectivity index (χ2n) is 4.78. The van der Waals surface area contributed by atoms with Crippen LogP contribution in [0.15, 0.2) is 0 Å². The third kappa shape index (κ3) is 1.08. The Balaban J connectivity index is 1.99. The molecule has 0 radical (unpaired) electrons. The molecule has 3 aliphatic rings. The molecule has 4 nitrogen and oxygen atoms in total. The van der Waals surface area contributed by atoms with Crippen LogP contribution in [-0.2, 0) is 9.59 Å². The predicted octanol–water partition coefficient (Wildman–Crippen LogP) is 0.721. The molecule has 82 valence electrons. The average Bonchev–Trinajstić information content (AvgIpc) is 2.59. The molecule has 3 saturated heterocycles. The van der Waals surface area contributed by atoms with Crippen molar-refractivity contribution in [1.29, 1.82) is 0 Å². The van der Waals surface area contributed by atoms with Gasteiger partial charge in [0.05, 0.1) is 0 Å². The second-order valence-corrected chi connectivity index (χ2v) is 4.78. The average molecular weight is 208 g/mol. The van der Waals surface area contributed by atoms with Gasteiger partial charge in [-0.3, -0.25) is 9.59 Å². The summed E-state index contributed by atoms with van der Waals surface area (Å²) in [4.78, 5) is 27.6. The lowest BCUT2D eigenvalue weighted by molar-refractivity contribution is -0.157. The Morgan fingerprint density at radius 3 is 1.80 bits per heavy atom.